The number of nitrogens with one attached hydrogen (secondary N) is 1. The Kier molecular flexibility index (Phi) is 4.86. The van der Waals surface area contributed by atoms with Crippen LogP contribution in [0.1, 0.15) is 11.1 Å². The summed E-state index contributed by atoms with van der Waals surface area (Å²) in [6.45, 7) is -0.154. The van der Waals surface area contributed by atoms with Crippen LogP contribution >= 0.6 is 0 Å². The molecule has 3 aromatic rings. The van der Waals surface area contributed by atoms with Gasteiger partial charge in [-0.2, -0.15) is 0 Å². The lowest BCUT2D eigenvalue weighted by molar-refractivity contribution is -0.111. The summed E-state index contributed by atoms with van der Waals surface area (Å²) in [5.74, 6) is 0.355. The predicted octanol–water partition coefficient (Wildman–Crippen LogP) is 3.33. The molecule has 0 aliphatic rings. The molecule has 0 unspecified atom stereocenters. The number of aliphatic hydroxyl groups is 1. The van der Waals surface area contributed by atoms with E-state index in [1.165, 1.54) is 6.08 Å². The van der Waals surface area contributed by atoms with E-state index in [1.807, 2.05) is 42.1 Å². The van der Waals surface area contributed by atoms with Crippen molar-refractivity contribution >= 4 is 28.6 Å². The summed E-state index contributed by atoms with van der Waals surface area (Å²) in [6.07, 6.45) is 5.30. The lowest BCUT2D eigenvalue weighted by Crippen LogP contribution is -2.08. The Labute approximate surface area is 146 Å². The number of aromatic nitrogens is 1. The fourth-order valence-corrected chi connectivity index (χ4v) is 2.84. The molecule has 5 heteroatoms. The number of amides is 1. The molecule has 0 bridgehead atoms. The second-order valence-electron chi connectivity index (χ2n) is 5.72. The zero-order valence-electron chi connectivity index (χ0n) is 14.2. The zero-order valence-corrected chi connectivity index (χ0v) is 14.2. The molecule has 0 spiro atoms. The molecule has 0 radical (unpaired) electrons. The normalized spacial score (nSPS) is 11.2. The lowest BCUT2D eigenvalue weighted by Gasteiger charge is -2.09. The standard InChI is InChI=1S/C20H20N2O3/c1-22-12-14(17-5-3-4-6-18(17)22)7-10-20(24)21-16-8-9-19(25-2)15(11-16)13-23/h3-12,23H,13H2,1-2H3,(H,21,24)/b10-7+. The number of nitrogens with zero attached hydrogens (tertiary/aromatic N) is 1. The van der Waals surface area contributed by atoms with Gasteiger partial charge < -0.3 is 19.7 Å². The van der Waals surface area contributed by atoms with E-state index in [4.69, 9.17) is 4.74 Å². The maximum absolute atomic E-state index is 12.2. The minimum Gasteiger partial charge on any atom is -0.496 e. The monoisotopic (exact) mass is 336 g/mol. The van der Waals surface area contributed by atoms with E-state index in [0.717, 1.165) is 16.5 Å². The summed E-state index contributed by atoms with van der Waals surface area (Å²) >= 11 is 0. The van der Waals surface area contributed by atoms with Gasteiger partial charge in [0.05, 0.1) is 13.7 Å². The number of hydrogen-bond donors (Lipinski definition) is 2. The zero-order chi connectivity index (χ0) is 17.8. The van der Waals surface area contributed by atoms with Gasteiger partial charge in [-0.15, -0.1) is 0 Å². The van der Waals surface area contributed by atoms with Gasteiger partial charge in [0.1, 0.15) is 5.75 Å². The molecule has 25 heavy (non-hydrogen) atoms. The number of aryl methyl sites for hydroxylation is 1. The van der Waals surface area contributed by atoms with Gasteiger partial charge in [0, 0.05) is 47.0 Å². The number of ether oxygens (including phenoxy) is 1. The van der Waals surface area contributed by atoms with Crippen molar-refractivity contribution < 1.29 is 14.6 Å². The van der Waals surface area contributed by atoms with Crippen LogP contribution < -0.4 is 10.1 Å². The molecule has 0 aliphatic carbocycles. The number of anilines is 1. The van der Waals surface area contributed by atoms with Crippen LogP contribution in [0.2, 0.25) is 0 Å². The van der Waals surface area contributed by atoms with Crippen LogP contribution in [0, 0.1) is 0 Å². The first-order valence-corrected chi connectivity index (χ1v) is 7.93. The average molecular weight is 336 g/mol. The minimum absolute atomic E-state index is 0.154. The Morgan fingerprint density at radius 3 is 2.84 bits per heavy atom. The fourth-order valence-electron chi connectivity index (χ4n) is 2.84. The second kappa shape index (κ2) is 7.23. The highest BCUT2D eigenvalue weighted by molar-refractivity contribution is 6.03. The van der Waals surface area contributed by atoms with E-state index >= 15 is 0 Å². The number of methoxy groups -OCH3 is 1. The topological polar surface area (TPSA) is 63.5 Å². The molecule has 0 saturated carbocycles. The average Bonchev–Trinajstić information content (AvgIpc) is 2.96. The molecule has 1 amide bonds. The molecule has 5 nitrogen and oxygen atoms in total. The van der Waals surface area contributed by atoms with E-state index in [1.54, 1.807) is 31.4 Å². The quantitative estimate of drug-likeness (QED) is 0.703. The number of carbonyl (C=O) groups excluding carboxylic acids is 1. The van der Waals surface area contributed by atoms with Crippen molar-refractivity contribution in [1.29, 1.82) is 0 Å². The molecule has 3 rings (SSSR count). The molecular weight excluding hydrogens is 316 g/mol. The molecule has 0 atom stereocenters. The minimum atomic E-state index is -0.234. The Balaban J connectivity index is 1.77. The summed E-state index contributed by atoms with van der Waals surface area (Å²) < 4.78 is 7.19. The van der Waals surface area contributed by atoms with Crippen molar-refractivity contribution in [2.24, 2.45) is 7.05 Å². The van der Waals surface area contributed by atoms with Crippen LogP contribution in [0.4, 0.5) is 5.69 Å². The third-order valence-electron chi connectivity index (χ3n) is 4.06. The highest BCUT2D eigenvalue weighted by Gasteiger charge is 2.06. The van der Waals surface area contributed by atoms with Crippen molar-refractivity contribution in [1.82, 2.24) is 4.57 Å². The molecule has 0 fully saturated rings. The van der Waals surface area contributed by atoms with E-state index < -0.39 is 0 Å². The summed E-state index contributed by atoms with van der Waals surface area (Å²) in [4.78, 5) is 12.2. The van der Waals surface area contributed by atoms with E-state index in [2.05, 4.69) is 5.32 Å². The summed E-state index contributed by atoms with van der Waals surface area (Å²) in [6, 6.07) is 13.2. The molecule has 128 valence electrons. The first-order valence-electron chi connectivity index (χ1n) is 7.93. The summed E-state index contributed by atoms with van der Waals surface area (Å²) in [5.41, 5.74) is 3.33. The lowest BCUT2D eigenvalue weighted by atomic mass is 10.1. The van der Waals surface area contributed by atoms with Crippen molar-refractivity contribution in [3.63, 3.8) is 0 Å². The molecule has 2 aromatic carbocycles. The molecule has 0 aliphatic heterocycles. The molecule has 0 saturated heterocycles. The van der Waals surface area contributed by atoms with E-state index in [-0.39, 0.29) is 12.5 Å². The smallest absolute Gasteiger partial charge is 0.248 e. The third kappa shape index (κ3) is 3.56. The van der Waals surface area contributed by atoms with E-state index in [9.17, 15) is 9.90 Å². The van der Waals surface area contributed by atoms with Gasteiger partial charge in [0.2, 0.25) is 5.91 Å². The molecule has 1 aromatic heterocycles. The highest BCUT2D eigenvalue weighted by atomic mass is 16.5. The van der Waals surface area contributed by atoms with Gasteiger partial charge in [0.15, 0.2) is 0 Å². The molecular formula is C20H20N2O3. The van der Waals surface area contributed by atoms with Crippen LogP contribution in [-0.2, 0) is 18.4 Å². The van der Waals surface area contributed by atoms with Crippen molar-refractivity contribution in [2.75, 3.05) is 12.4 Å². The molecule has 1 heterocycles. The van der Waals surface area contributed by atoms with Gasteiger partial charge in [-0.25, -0.2) is 0 Å². The maximum atomic E-state index is 12.2. The van der Waals surface area contributed by atoms with Crippen LogP contribution in [0.3, 0.4) is 0 Å². The van der Waals surface area contributed by atoms with Gasteiger partial charge in [-0.3, -0.25) is 4.79 Å². The SMILES string of the molecule is COc1ccc(NC(=O)/C=C/c2cn(C)c3ccccc23)cc1CO. The Hall–Kier alpha value is -3.05. The van der Waals surface area contributed by atoms with Crippen LogP contribution in [0.15, 0.2) is 54.7 Å². The number of fused-ring (bicyclic) bond motifs is 1. The van der Waals surface area contributed by atoms with Crippen molar-refractivity contribution in [3.8, 4) is 5.75 Å². The first-order chi connectivity index (χ1) is 12.1. The van der Waals surface area contributed by atoms with Gasteiger partial charge in [0.25, 0.3) is 0 Å². The predicted molar refractivity (Wildman–Crippen MR) is 99.5 cm³/mol. The van der Waals surface area contributed by atoms with Crippen molar-refractivity contribution in [2.45, 2.75) is 6.61 Å². The second-order valence-corrected chi connectivity index (χ2v) is 5.72. The van der Waals surface area contributed by atoms with Gasteiger partial charge >= 0.3 is 0 Å². The Morgan fingerprint density at radius 2 is 2.08 bits per heavy atom. The first kappa shape index (κ1) is 16.8. The number of aliphatic hydroxyl groups excluding tert-OH is 1. The van der Waals surface area contributed by atoms with Crippen LogP contribution in [0.25, 0.3) is 17.0 Å². The maximum Gasteiger partial charge on any atom is 0.248 e. The molecule has 2 N–H and O–H groups in total. The summed E-state index contributed by atoms with van der Waals surface area (Å²) in [7, 11) is 3.52. The fraction of sp³-hybridized carbons (Fsp3) is 0.150. The van der Waals surface area contributed by atoms with Crippen molar-refractivity contribution in [3.05, 3.63) is 65.9 Å². The number of rotatable bonds is 5. The largest absolute Gasteiger partial charge is 0.496 e. The number of carbonyl (C=O) groups is 1. The van der Waals surface area contributed by atoms with Crippen LogP contribution in [-0.4, -0.2) is 22.7 Å². The number of benzene rings is 2. The number of para-hydroxylation sites is 1. The van der Waals surface area contributed by atoms with Gasteiger partial charge in [-0.05, 0) is 30.3 Å². The van der Waals surface area contributed by atoms with Gasteiger partial charge in [-0.1, -0.05) is 18.2 Å². The Bertz CT molecular complexity index is 941. The Morgan fingerprint density at radius 1 is 1.28 bits per heavy atom. The van der Waals surface area contributed by atoms with E-state index in [0.29, 0.717) is 17.0 Å². The summed E-state index contributed by atoms with van der Waals surface area (Å²) in [5, 5.41) is 13.2. The highest BCUT2D eigenvalue weighted by Crippen LogP contribution is 2.23. The van der Waals surface area contributed by atoms with Crippen LogP contribution in [0.5, 0.6) is 5.75 Å². The third-order valence-corrected chi connectivity index (χ3v) is 4.06. The number of hydrogen-bond acceptors (Lipinski definition) is 3.